The number of nitrogens with one attached hydrogen (secondary N) is 1. The lowest BCUT2D eigenvalue weighted by Crippen LogP contribution is -2.30. The highest BCUT2D eigenvalue weighted by Crippen LogP contribution is 2.30. The number of carbonyl (C=O) groups is 1. The Hall–Kier alpha value is -2.00. The van der Waals surface area contributed by atoms with Crippen LogP contribution in [-0.2, 0) is 11.2 Å². The van der Waals surface area contributed by atoms with Crippen LogP contribution in [0.3, 0.4) is 0 Å². The van der Waals surface area contributed by atoms with Crippen molar-refractivity contribution in [3.63, 3.8) is 0 Å². The summed E-state index contributed by atoms with van der Waals surface area (Å²) in [4.78, 5) is 12.9. The number of benzene rings is 2. The quantitative estimate of drug-likeness (QED) is 0.848. The van der Waals surface area contributed by atoms with E-state index < -0.39 is 0 Å². The van der Waals surface area contributed by atoms with Gasteiger partial charge in [0, 0.05) is 12.1 Å². The molecule has 0 aromatic heterocycles. The van der Waals surface area contributed by atoms with Gasteiger partial charge >= 0.3 is 0 Å². The van der Waals surface area contributed by atoms with Crippen molar-refractivity contribution in [1.82, 2.24) is 0 Å². The molecule has 2 aromatic rings. The number of carbonyl (C=O) groups excluding carboxylic acids is 1. The lowest BCUT2D eigenvalue weighted by molar-refractivity contribution is -0.119. The van der Waals surface area contributed by atoms with Gasteiger partial charge in [-0.1, -0.05) is 54.2 Å². The van der Waals surface area contributed by atoms with Gasteiger partial charge in [-0.2, -0.15) is 0 Å². The summed E-state index contributed by atoms with van der Waals surface area (Å²) in [6.45, 7) is 2.04. The zero-order chi connectivity index (χ0) is 14.8. The normalized spacial score (nSPS) is 17.2. The molecule has 1 N–H and O–H groups in total. The Bertz CT molecular complexity index is 691. The van der Waals surface area contributed by atoms with Gasteiger partial charge in [-0.25, -0.2) is 0 Å². The topological polar surface area (TPSA) is 29.1 Å². The number of Topliss-reactive ketones (excluding diaryl/α,β-unsaturated/α-hetero) is 1. The molecule has 0 radical (unpaired) electrons. The van der Waals surface area contributed by atoms with Crippen LogP contribution in [0.15, 0.2) is 48.5 Å². The van der Waals surface area contributed by atoms with Crippen LogP contribution < -0.4 is 5.32 Å². The Labute approximate surface area is 130 Å². The molecule has 0 bridgehead atoms. The molecule has 0 saturated carbocycles. The van der Waals surface area contributed by atoms with Gasteiger partial charge in [0.1, 0.15) is 5.78 Å². The van der Waals surface area contributed by atoms with Crippen LogP contribution in [0.25, 0.3) is 0 Å². The molecular formula is C18H17NOS. The second kappa shape index (κ2) is 5.78. The first kappa shape index (κ1) is 14.0. The van der Waals surface area contributed by atoms with Gasteiger partial charge in [-0.15, -0.1) is 0 Å². The third kappa shape index (κ3) is 2.88. The number of hydrogen-bond acceptors (Lipinski definition) is 2. The largest absolute Gasteiger partial charge is 0.349 e. The summed E-state index contributed by atoms with van der Waals surface area (Å²) in [6, 6.07) is 16.1. The molecule has 2 nitrogen and oxygen atoms in total. The number of hydrogen-bond donors (Lipinski definition) is 1. The predicted octanol–water partition coefficient (Wildman–Crippen LogP) is 4.03. The number of aryl methyl sites for hydroxylation is 2. The van der Waals surface area contributed by atoms with E-state index in [-0.39, 0.29) is 11.7 Å². The standard InChI is InChI=1S/C18H17NOS/c1-12-6-9-14(10-7-12)19-18(21)17-15-5-3-2-4-13(15)8-11-16(17)20/h2-7,9-10,17H,8,11H2,1H3,(H,19,21). The van der Waals surface area contributed by atoms with E-state index in [1.165, 1.54) is 11.1 Å². The van der Waals surface area contributed by atoms with Gasteiger partial charge in [-0.3, -0.25) is 4.79 Å². The fourth-order valence-corrected chi connectivity index (χ4v) is 3.13. The molecule has 0 fully saturated rings. The zero-order valence-corrected chi connectivity index (χ0v) is 12.7. The van der Waals surface area contributed by atoms with Crippen LogP contribution in [0.5, 0.6) is 0 Å². The van der Waals surface area contributed by atoms with Crippen molar-refractivity contribution in [2.24, 2.45) is 0 Å². The number of anilines is 1. The van der Waals surface area contributed by atoms with E-state index in [0.29, 0.717) is 11.4 Å². The Morgan fingerprint density at radius 3 is 2.57 bits per heavy atom. The molecule has 0 spiro atoms. The Morgan fingerprint density at radius 1 is 1.10 bits per heavy atom. The van der Waals surface area contributed by atoms with Crippen molar-refractivity contribution >= 4 is 28.7 Å². The summed E-state index contributed by atoms with van der Waals surface area (Å²) < 4.78 is 0. The molecule has 21 heavy (non-hydrogen) atoms. The van der Waals surface area contributed by atoms with E-state index in [1.54, 1.807) is 0 Å². The van der Waals surface area contributed by atoms with E-state index >= 15 is 0 Å². The third-order valence-electron chi connectivity index (χ3n) is 3.91. The predicted molar refractivity (Wildman–Crippen MR) is 89.9 cm³/mol. The van der Waals surface area contributed by atoms with Crippen LogP contribution >= 0.6 is 12.2 Å². The van der Waals surface area contributed by atoms with Gasteiger partial charge in [0.25, 0.3) is 0 Å². The zero-order valence-electron chi connectivity index (χ0n) is 11.9. The smallest absolute Gasteiger partial charge is 0.147 e. The first-order chi connectivity index (χ1) is 10.1. The van der Waals surface area contributed by atoms with Gasteiger partial charge in [0.15, 0.2) is 0 Å². The number of thiocarbonyl (C=S) groups is 1. The fourth-order valence-electron chi connectivity index (χ4n) is 2.76. The van der Waals surface area contributed by atoms with Crippen molar-refractivity contribution < 1.29 is 4.79 Å². The lowest BCUT2D eigenvalue weighted by Gasteiger charge is -2.25. The number of rotatable bonds is 2. The maximum atomic E-state index is 12.3. The number of ketones is 1. The summed E-state index contributed by atoms with van der Waals surface area (Å²) >= 11 is 5.51. The Morgan fingerprint density at radius 2 is 1.81 bits per heavy atom. The average Bonchev–Trinajstić information content (AvgIpc) is 2.49. The van der Waals surface area contributed by atoms with Crippen LogP contribution in [-0.4, -0.2) is 10.8 Å². The Balaban J connectivity index is 1.87. The lowest BCUT2D eigenvalue weighted by atomic mass is 9.81. The molecular weight excluding hydrogens is 278 g/mol. The first-order valence-electron chi connectivity index (χ1n) is 7.13. The maximum Gasteiger partial charge on any atom is 0.147 e. The molecule has 1 unspecified atom stereocenters. The molecule has 1 aliphatic carbocycles. The molecule has 1 atom stereocenters. The molecule has 106 valence electrons. The molecule has 0 amide bonds. The minimum absolute atomic E-state index is 0.207. The average molecular weight is 295 g/mol. The first-order valence-corrected chi connectivity index (χ1v) is 7.54. The van der Waals surface area contributed by atoms with Crippen LogP contribution in [0.2, 0.25) is 0 Å². The van der Waals surface area contributed by atoms with Crippen molar-refractivity contribution in [1.29, 1.82) is 0 Å². The second-order valence-electron chi connectivity index (χ2n) is 5.45. The highest BCUT2D eigenvalue weighted by atomic mass is 32.1. The van der Waals surface area contributed by atoms with Crippen molar-refractivity contribution in [2.45, 2.75) is 25.7 Å². The van der Waals surface area contributed by atoms with Crippen LogP contribution in [0.1, 0.15) is 29.0 Å². The monoisotopic (exact) mass is 295 g/mol. The molecule has 0 aliphatic heterocycles. The van der Waals surface area contributed by atoms with E-state index in [2.05, 4.69) is 11.4 Å². The second-order valence-corrected chi connectivity index (χ2v) is 5.89. The van der Waals surface area contributed by atoms with Crippen molar-refractivity contribution in [3.05, 3.63) is 65.2 Å². The molecule has 0 heterocycles. The van der Waals surface area contributed by atoms with Gasteiger partial charge in [0.05, 0.1) is 10.9 Å². The highest BCUT2D eigenvalue weighted by Gasteiger charge is 2.30. The molecule has 3 heteroatoms. The van der Waals surface area contributed by atoms with Crippen LogP contribution in [0, 0.1) is 6.92 Å². The SMILES string of the molecule is Cc1ccc(NC(=S)C2C(=O)CCc3ccccc32)cc1. The van der Waals surface area contributed by atoms with Gasteiger partial charge in [0.2, 0.25) is 0 Å². The summed E-state index contributed by atoms with van der Waals surface area (Å²) in [6.07, 6.45) is 1.38. The summed E-state index contributed by atoms with van der Waals surface area (Å²) in [7, 11) is 0. The molecule has 3 rings (SSSR count). The highest BCUT2D eigenvalue weighted by molar-refractivity contribution is 7.80. The maximum absolute atomic E-state index is 12.3. The summed E-state index contributed by atoms with van der Waals surface area (Å²) in [5.74, 6) is -0.107. The number of fused-ring (bicyclic) bond motifs is 1. The Kier molecular flexibility index (Phi) is 3.84. The minimum atomic E-state index is -0.314. The van der Waals surface area contributed by atoms with E-state index in [9.17, 15) is 4.79 Å². The van der Waals surface area contributed by atoms with Crippen LogP contribution in [0.4, 0.5) is 5.69 Å². The fraction of sp³-hybridized carbons (Fsp3) is 0.222. The van der Waals surface area contributed by atoms with Gasteiger partial charge in [-0.05, 0) is 36.6 Å². The summed E-state index contributed by atoms with van der Waals surface area (Å²) in [5.41, 5.74) is 4.42. The van der Waals surface area contributed by atoms with E-state index in [1.807, 2.05) is 49.4 Å². The minimum Gasteiger partial charge on any atom is -0.349 e. The molecule has 1 aliphatic rings. The van der Waals surface area contributed by atoms with Crippen molar-refractivity contribution in [3.8, 4) is 0 Å². The molecule has 2 aromatic carbocycles. The summed E-state index contributed by atoms with van der Waals surface area (Å²) in [5, 5.41) is 3.22. The third-order valence-corrected chi connectivity index (χ3v) is 4.25. The molecule has 0 saturated heterocycles. The van der Waals surface area contributed by atoms with E-state index in [4.69, 9.17) is 12.2 Å². The van der Waals surface area contributed by atoms with E-state index in [0.717, 1.165) is 17.7 Å². The van der Waals surface area contributed by atoms with Crippen molar-refractivity contribution in [2.75, 3.05) is 5.32 Å². The van der Waals surface area contributed by atoms with Gasteiger partial charge < -0.3 is 5.32 Å².